The quantitative estimate of drug-likeness (QED) is 0.701. The molecule has 1 aliphatic rings. The summed E-state index contributed by atoms with van der Waals surface area (Å²) in [6.45, 7) is 5.53. The zero-order valence-electron chi connectivity index (χ0n) is 16.9. The van der Waals surface area contributed by atoms with Crippen molar-refractivity contribution < 1.29 is 22.1 Å². The summed E-state index contributed by atoms with van der Waals surface area (Å²) in [5, 5.41) is 0. The van der Waals surface area contributed by atoms with E-state index in [0.717, 1.165) is 37.6 Å². The Kier molecular flexibility index (Phi) is 8.54. The molecule has 0 amide bonds. The lowest BCUT2D eigenvalue weighted by molar-refractivity contribution is 0.257. The van der Waals surface area contributed by atoms with Crippen LogP contribution in [0.15, 0.2) is 41.0 Å². The van der Waals surface area contributed by atoms with Crippen molar-refractivity contribution in [2.24, 2.45) is 0 Å². The summed E-state index contributed by atoms with van der Waals surface area (Å²) in [7, 11) is -1.92. The van der Waals surface area contributed by atoms with Crippen molar-refractivity contribution in [3.63, 3.8) is 0 Å². The van der Waals surface area contributed by atoms with Gasteiger partial charge in [-0.25, -0.2) is 0 Å². The smallest absolute Gasteiger partial charge is 0.261 e. The second-order valence-corrected chi connectivity index (χ2v) is 8.58. The maximum atomic E-state index is 9.19. The maximum Gasteiger partial charge on any atom is 0.261 e. The molecule has 1 unspecified atom stereocenters. The highest BCUT2D eigenvalue weighted by atomic mass is 32.2. The van der Waals surface area contributed by atoms with Gasteiger partial charge in [0.1, 0.15) is 11.5 Å². The Morgan fingerprint density at radius 3 is 2.68 bits per heavy atom. The van der Waals surface area contributed by atoms with Gasteiger partial charge < -0.3 is 14.1 Å². The molecule has 0 aliphatic heterocycles. The van der Waals surface area contributed by atoms with E-state index >= 15 is 0 Å². The highest BCUT2D eigenvalue weighted by molar-refractivity contribution is 7.85. The van der Waals surface area contributed by atoms with Crippen molar-refractivity contribution >= 4 is 10.1 Å². The molecule has 0 saturated carbocycles. The number of hydrogen-bond acceptors (Lipinski definition) is 5. The molecule has 7 heteroatoms. The van der Waals surface area contributed by atoms with E-state index in [4.69, 9.17) is 13.7 Å². The summed E-state index contributed by atoms with van der Waals surface area (Å²) in [5.41, 5.74) is 3.00. The van der Waals surface area contributed by atoms with Crippen LogP contribution in [0.3, 0.4) is 0 Å². The molecular formula is C21H31NO5S. The normalized spacial score (nSPS) is 16.2. The van der Waals surface area contributed by atoms with Gasteiger partial charge in [0.2, 0.25) is 0 Å². The molecule has 2 aromatic rings. The monoisotopic (exact) mass is 409 g/mol. The minimum absolute atomic E-state index is 0.640. The Labute approximate surface area is 168 Å². The second-order valence-electron chi connectivity index (χ2n) is 7.11. The van der Waals surface area contributed by atoms with Gasteiger partial charge in [-0.15, -0.1) is 0 Å². The summed E-state index contributed by atoms with van der Waals surface area (Å²) in [4.78, 5) is 2.55. The van der Waals surface area contributed by atoms with E-state index < -0.39 is 10.1 Å². The fourth-order valence-electron chi connectivity index (χ4n) is 3.62. The number of fused-ring (bicyclic) bond motifs is 1. The van der Waals surface area contributed by atoms with E-state index in [9.17, 15) is 8.42 Å². The van der Waals surface area contributed by atoms with Crippen molar-refractivity contribution in [2.45, 2.75) is 38.5 Å². The maximum absolute atomic E-state index is 9.19. The molecule has 1 N–H and O–H groups in total. The molecule has 1 heterocycles. The SMILES string of the molecule is CCN(CCc1ccco1)CC1CCCc2cc(OC)ccc21.CS(=O)(=O)O. The minimum atomic E-state index is -3.67. The number of hydrogen-bond donors (Lipinski definition) is 1. The number of aryl methyl sites for hydroxylation is 1. The molecule has 6 nitrogen and oxygen atoms in total. The Bertz CT molecular complexity index is 809. The van der Waals surface area contributed by atoms with Crippen LogP contribution < -0.4 is 4.74 Å². The lowest BCUT2D eigenvalue weighted by atomic mass is 9.82. The predicted molar refractivity (Wildman–Crippen MR) is 111 cm³/mol. The molecule has 1 aromatic heterocycles. The first-order chi connectivity index (χ1) is 13.3. The number of furan rings is 1. The van der Waals surface area contributed by atoms with Crippen molar-refractivity contribution in [1.82, 2.24) is 4.90 Å². The van der Waals surface area contributed by atoms with Gasteiger partial charge in [0.15, 0.2) is 0 Å². The molecular weight excluding hydrogens is 378 g/mol. The van der Waals surface area contributed by atoms with Gasteiger partial charge in [-0.3, -0.25) is 4.55 Å². The van der Waals surface area contributed by atoms with Crippen molar-refractivity contribution in [1.29, 1.82) is 0 Å². The third kappa shape index (κ3) is 7.66. The Balaban J connectivity index is 0.000000500. The molecule has 0 bridgehead atoms. The van der Waals surface area contributed by atoms with Crippen molar-refractivity contribution in [3.05, 3.63) is 53.5 Å². The third-order valence-electron chi connectivity index (χ3n) is 4.97. The second kappa shape index (κ2) is 10.6. The van der Waals surface area contributed by atoms with Crippen molar-refractivity contribution in [3.8, 4) is 5.75 Å². The van der Waals surface area contributed by atoms with E-state index in [-0.39, 0.29) is 0 Å². The highest BCUT2D eigenvalue weighted by Gasteiger charge is 2.22. The van der Waals surface area contributed by atoms with Crippen LogP contribution in [-0.2, 0) is 23.0 Å². The Hall–Kier alpha value is -1.83. The van der Waals surface area contributed by atoms with Gasteiger partial charge in [0, 0.05) is 19.5 Å². The molecule has 156 valence electrons. The first-order valence-corrected chi connectivity index (χ1v) is 11.5. The fourth-order valence-corrected chi connectivity index (χ4v) is 3.62. The van der Waals surface area contributed by atoms with Gasteiger partial charge in [-0.05, 0) is 67.1 Å². The molecule has 0 fully saturated rings. The van der Waals surface area contributed by atoms with Crippen LogP contribution in [0.5, 0.6) is 5.75 Å². The molecule has 0 saturated heterocycles. The number of likely N-dealkylation sites (N-methyl/N-ethyl adjacent to an activating group) is 1. The average molecular weight is 410 g/mol. The number of ether oxygens (including phenoxy) is 1. The zero-order valence-corrected chi connectivity index (χ0v) is 17.7. The summed E-state index contributed by atoms with van der Waals surface area (Å²) >= 11 is 0. The van der Waals surface area contributed by atoms with Crippen molar-refractivity contribution in [2.75, 3.05) is 33.0 Å². The highest BCUT2D eigenvalue weighted by Crippen LogP contribution is 2.34. The number of benzene rings is 1. The van der Waals surface area contributed by atoms with E-state index in [1.165, 1.54) is 30.4 Å². The van der Waals surface area contributed by atoms with Crippen LogP contribution in [0.4, 0.5) is 0 Å². The minimum Gasteiger partial charge on any atom is -0.497 e. The molecule has 1 atom stereocenters. The summed E-state index contributed by atoms with van der Waals surface area (Å²) in [5.74, 6) is 2.70. The molecule has 0 spiro atoms. The number of nitrogens with zero attached hydrogens (tertiary/aromatic N) is 1. The summed E-state index contributed by atoms with van der Waals surface area (Å²) < 4.78 is 36.7. The van der Waals surface area contributed by atoms with E-state index in [2.05, 4.69) is 36.1 Å². The van der Waals surface area contributed by atoms with Gasteiger partial charge in [0.05, 0.1) is 19.6 Å². The first-order valence-electron chi connectivity index (χ1n) is 9.64. The number of rotatable bonds is 7. The van der Waals surface area contributed by atoms with Crippen LogP contribution in [-0.4, -0.2) is 50.9 Å². The van der Waals surface area contributed by atoms with E-state index in [0.29, 0.717) is 12.2 Å². The number of methoxy groups -OCH3 is 1. The molecule has 28 heavy (non-hydrogen) atoms. The topological polar surface area (TPSA) is 80.0 Å². The first kappa shape index (κ1) is 22.5. The van der Waals surface area contributed by atoms with Crippen LogP contribution in [0, 0.1) is 0 Å². The fraction of sp³-hybridized carbons (Fsp3) is 0.524. The summed E-state index contributed by atoms with van der Waals surface area (Å²) in [6, 6.07) is 10.6. The van der Waals surface area contributed by atoms with Gasteiger partial charge in [-0.2, -0.15) is 8.42 Å². The van der Waals surface area contributed by atoms with Crippen LogP contribution >= 0.6 is 0 Å². The van der Waals surface area contributed by atoms with Gasteiger partial charge in [0.25, 0.3) is 10.1 Å². The molecule has 1 aliphatic carbocycles. The largest absolute Gasteiger partial charge is 0.497 e. The van der Waals surface area contributed by atoms with Crippen LogP contribution in [0.1, 0.15) is 42.6 Å². The third-order valence-corrected chi connectivity index (χ3v) is 4.97. The van der Waals surface area contributed by atoms with E-state index in [1.807, 2.05) is 6.07 Å². The van der Waals surface area contributed by atoms with E-state index in [1.54, 1.807) is 13.4 Å². The van der Waals surface area contributed by atoms with Crippen LogP contribution in [0.25, 0.3) is 0 Å². The zero-order chi connectivity index (χ0) is 20.6. The standard InChI is InChI=1S/C20H27NO2.CH4O3S/c1-3-21(12-11-18-8-5-13-23-18)15-17-7-4-6-16-14-19(22-2)9-10-20(16)17;1-5(2,3)4/h5,8-10,13-14,17H,3-4,6-7,11-12,15H2,1-2H3;1H3,(H,2,3,4). The predicted octanol–water partition coefficient (Wildman–Crippen LogP) is 3.78. The molecule has 1 aromatic carbocycles. The van der Waals surface area contributed by atoms with Gasteiger partial charge in [-0.1, -0.05) is 13.0 Å². The molecule has 3 rings (SSSR count). The average Bonchev–Trinajstić information content (AvgIpc) is 3.17. The Morgan fingerprint density at radius 2 is 2.07 bits per heavy atom. The summed E-state index contributed by atoms with van der Waals surface area (Å²) in [6.07, 6.45) is 7.21. The lowest BCUT2D eigenvalue weighted by Gasteiger charge is -2.31. The Morgan fingerprint density at radius 1 is 1.32 bits per heavy atom. The molecule has 0 radical (unpaired) electrons. The van der Waals surface area contributed by atoms with Crippen LogP contribution in [0.2, 0.25) is 0 Å². The lowest BCUT2D eigenvalue weighted by Crippen LogP contribution is -2.31. The van der Waals surface area contributed by atoms with Gasteiger partial charge >= 0.3 is 0 Å².